The molecule has 2 atom stereocenters. The van der Waals surface area contributed by atoms with E-state index in [2.05, 4.69) is 20.7 Å². The van der Waals surface area contributed by atoms with Crippen LogP contribution in [0.5, 0.6) is 0 Å². The van der Waals surface area contributed by atoms with E-state index in [1.54, 1.807) is 11.4 Å². The van der Waals surface area contributed by atoms with E-state index in [1.807, 2.05) is 30.3 Å². The Morgan fingerprint density at radius 1 is 1.21 bits per heavy atom. The minimum atomic E-state index is -3.40. The number of halogens is 1. The standard InChI is InChI=1S/C13H12BrNO2S2/c14-11-6-7-18-13(11)19(16,17)15-12-8-10(12)9-4-2-1-3-5-9/h1-7,10,12,15H,8H2. The van der Waals surface area contributed by atoms with E-state index in [9.17, 15) is 8.42 Å². The minimum Gasteiger partial charge on any atom is -0.207 e. The van der Waals surface area contributed by atoms with Crippen LogP contribution < -0.4 is 4.72 Å². The molecule has 2 aromatic rings. The Hall–Kier alpha value is -0.690. The average Bonchev–Trinajstić information content (AvgIpc) is 2.99. The van der Waals surface area contributed by atoms with E-state index in [0.717, 1.165) is 6.42 Å². The van der Waals surface area contributed by atoms with Gasteiger partial charge in [0.05, 0.1) is 0 Å². The normalized spacial score (nSPS) is 22.4. The van der Waals surface area contributed by atoms with Crippen molar-refractivity contribution in [3.05, 3.63) is 51.8 Å². The average molecular weight is 358 g/mol. The Kier molecular flexibility index (Phi) is 3.51. The molecule has 3 nitrogen and oxygen atoms in total. The van der Waals surface area contributed by atoms with Crippen LogP contribution in [0.15, 0.2) is 50.5 Å². The van der Waals surface area contributed by atoms with E-state index < -0.39 is 10.0 Å². The number of sulfonamides is 1. The summed E-state index contributed by atoms with van der Waals surface area (Å²) in [5, 5.41) is 1.76. The van der Waals surface area contributed by atoms with Gasteiger partial charge in [-0.05, 0) is 39.4 Å². The van der Waals surface area contributed by atoms with Gasteiger partial charge in [-0.2, -0.15) is 0 Å². The Labute approximate surface area is 124 Å². The van der Waals surface area contributed by atoms with Crippen molar-refractivity contribution in [2.75, 3.05) is 0 Å². The number of hydrogen-bond donors (Lipinski definition) is 1. The Bertz CT molecular complexity index is 682. The highest BCUT2D eigenvalue weighted by atomic mass is 79.9. The van der Waals surface area contributed by atoms with Gasteiger partial charge in [0.15, 0.2) is 0 Å². The second-order valence-corrected chi connectivity index (χ2v) is 8.22. The van der Waals surface area contributed by atoms with Gasteiger partial charge >= 0.3 is 0 Å². The molecule has 2 unspecified atom stereocenters. The summed E-state index contributed by atoms with van der Waals surface area (Å²) in [7, 11) is -3.40. The maximum Gasteiger partial charge on any atom is 0.251 e. The summed E-state index contributed by atoms with van der Waals surface area (Å²) >= 11 is 4.49. The fourth-order valence-corrected chi connectivity index (χ4v) is 5.76. The van der Waals surface area contributed by atoms with Crippen molar-refractivity contribution in [1.82, 2.24) is 4.72 Å². The lowest BCUT2D eigenvalue weighted by Crippen LogP contribution is -2.26. The molecule has 0 bridgehead atoms. The van der Waals surface area contributed by atoms with Gasteiger partial charge in [0, 0.05) is 16.4 Å². The van der Waals surface area contributed by atoms with Crippen LogP contribution in [0.25, 0.3) is 0 Å². The molecule has 1 aromatic heterocycles. The summed E-state index contributed by atoms with van der Waals surface area (Å²) in [6.07, 6.45) is 0.867. The van der Waals surface area contributed by atoms with Crippen LogP contribution in [0.4, 0.5) is 0 Å². The summed E-state index contributed by atoms with van der Waals surface area (Å²) in [4.78, 5) is 0. The van der Waals surface area contributed by atoms with Crippen LogP contribution in [-0.2, 0) is 10.0 Å². The Morgan fingerprint density at radius 3 is 2.58 bits per heavy atom. The molecule has 1 aliphatic rings. The van der Waals surface area contributed by atoms with Crippen LogP contribution in [0.3, 0.4) is 0 Å². The first-order chi connectivity index (χ1) is 9.08. The molecule has 0 aliphatic heterocycles. The van der Waals surface area contributed by atoms with Gasteiger partial charge in [0.25, 0.3) is 10.0 Å². The molecular formula is C13H12BrNO2S2. The molecule has 1 fully saturated rings. The van der Waals surface area contributed by atoms with Crippen LogP contribution in [0, 0.1) is 0 Å². The zero-order valence-electron chi connectivity index (χ0n) is 9.91. The molecule has 1 aliphatic carbocycles. The first-order valence-corrected chi connectivity index (χ1v) is 9.04. The van der Waals surface area contributed by atoms with Gasteiger partial charge in [0.1, 0.15) is 4.21 Å². The van der Waals surface area contributed by atoms with Crippen LogP contribution in [-0.4, -0.2) is 14.5 Å². The summed E-state index contributed by atoms with van der Waals surface area (Å²) in [5.41, 5.74) is 1.19. The monoisotopic (exact) mass is 357 g/mol. The fraction of sp³-hybridized carbons (Fsp3) is 0.231. The van der Waals surface area contributed by atoms with Crippen molar-refractivity contribution in [3.8, 4) is 0 Å². The van der Waals surface area contributed by atoms with Gasteiger partial charge < -0.3 is 0 Å². The van der Waals surface area contributed by atoms with Gasteiger partial charge in [-0.25, -0.2) is 13.1 Å². The molecule has 0 spiro atoms. The predicted octanol–water partition coefficient (Wildman–Crippen LogP) is 3.35. The van der Waals surface area contributed by atoms with E-state index in [-0.39, 0.29) is 6.04 Å². The van der Waals surface area contributed by atoms with Crippen molar-refractivity contribution in [2.45, 2.75) is 22.6 Å². The fourth-order valence-electron chi connectivity index (χ4n) is 2.12. The third kappa shape index (κ3) is 2.76. The summed E-state index contributed by atoms with van der Waals surface area (Å²) in [6.45, 7) is 0. The van der Waals surface area contributed by atoms with Crippen molar-refractivity contribution in [2.24, 2.45) is 0 Å². The molecule has 0 amide bonds. The molecule has 0 saturated heterocycles. The van der Waals surface area contributed by atoms with Gasteiger partial charge in [-0.3, -0.25) is 0 Å². The number of nitrogens with one attached hydrogen (secondary N) is 1. The lowest BCUT2D eigenvalue weighted by molar-refractivity contribution is 0.581. The highest BCUT2D eigenvalue weighted by Gasteiger charge is 2.41. The molecular weight excluding hydrogens is 346 g/mol. The zero-order chi connectivity index (χ0) is 13.5. The summed E-state index contributed by atoms with van der Waals surface area (Å²) in [5.74, 6) is 0.301. The van der Waals surface area contributed by atoms with Crippen molar-refractivity contribution < 1.29 is 8.42 Å². The second kappa shape index (κ2) is 5.01. The molecule has 100 valence electrons. The van der Waals surface area contributed by atoms with Crippen molar-refractivity contribution in [3.63, 3.8) is 0 Å². The van der Waals surface area contributed by atoms with E-state index in [4.69, 9.17) is 0 Å². The number of rotatable bonds is 4. The molecule has 19 heavy (non-hydrogen) atoms. The van der Waals surface area contributed by atoms with E-state index >= 15 is 0 Å². The largest absolute Gasteiger partial charge is 0.251 e. The molecule has 1 aromatic carbocycles. The third-order valence-corrected chi connectivity index (χ3v) is 7.31. The predicted molar refractivity (Wildman–Crippen MR) is 79.9 cm³/mol. The number of thiophene rings is 1. The lowest BCUT2D eigenvalue weighted by atomic mass is 10.1. The summed E-state index contributed by atoms with van der Waals surface area (Å²) in [6, 6.07) is 11.8. The zero-order valence-corrected chi connectivity index (χ0v) is 13.1. The lowest BCUT2D eigenvalue weighted by Gasteiger charge is -2.05. The van der Waals surface area contributed by atoms with Gasteiger partial charge in [0.2, 0.25) is 0 Å². The first-order valence-electron chi connectivity index (χ1n) is 5.88. The molecule has 0 radical (unpaired) electrons. The van der Waals surface area contributed by atoms with Gasteiger partial charge in [-0.1, -0.05) is 30.3 Å². The van der Waals surface area contributed by atoms with Gasteiger partial charge in [-0.15, -0.1) is 11.3 Å². The molecule has 3 rings (SSSR count). The minimum absolute atomic E-state index is 0.0152. The quantitative estimate of drug-likeness (QED) is 0.911. The van der Waals surface area contributed by atoms with Crippen LogP contribution >= 0.6 is 27.3 Å². The molecule has 1 N–H and O–H groups in total. The second-order valence-electron chi connectivity index (χ2n) is 4.54. The van der Waals surface area contributed by atoms with E-state index in [1.165, 1.54) is 16.9 Å². The van der Waals surface area contributed by atoms with Crippen LogP contribution in [0.1, 0.15) is 17.9 Å². The molecule has 6 heteroatoms. The summed E-state index contributed by atoms with van der Waals surface area (Å²) < 4.78 is 28.2. The van der Waals surface area contributed by atoms with Crippen LogP contribution in [0.2, 0.25) is 0 Å². The van der Waals surface area contributed by atoms with E-state index in [0.29, 0.717) is 14.6 Å². The number of benzene rings is 1. The number of hydrogen-bond acceptors (Lipinski definition) is 3. The SMILES string of the molecule is O=S(=O)(NC1CC1c1ccccc1)c1sccc1Br. The topological polar surface area (TPSA) is 46.2 Å². The Morgan fingerprint density at radius 2 is 1.95 bits per heavy atom. The first kappa shape index (κ1) is 13.3. The third-order valence-electron chi connectivity index (χ3n) is 3.15. The highest BCUT2D eigenvalue weighted by molar-refractivity contribution is 9.10. The smallest absolute Gasteiger partial charge is 0.207 e. The highest BCUT2D eigenvalue weighted by Crippen LogP contribution is 2.42. The van der Waals surface area contributed by atoms with Crippen molar-refractivity contribution >= 4 is 37.3 Å². The maximum atomic E-state index is 12.2. The van der Waals surface area contributed by atoms with Crippen molar-refractivity contribution in [1.29, 1.82) is 0 Å². The molecule has 1 heterocycles. The molecule has 1 saturated carbocycles. The Balaban J connectivity index is 1.73. The maximum absolute atomic E-state index is 12.2.